The zero-order valence-corrected chi connectivity index (χ0v) is 14.4. The SMILES string of the molecule is FCC(Nc1nc(NC(CF)C(F)F)nc(-c2cccc(S)n2)n1)C(F)F. The van der Waals surface area contributed by atoms with Crippen molar-refractivity contribution in [1.29, 1.82) is 0 Å². The summed E-state index contributed by atoms with van der Waals surface area (Å²) < 4.78 is 76.6. The number of rotatable bonds is 9. The van der Waals surface area contributed by atoms with Gasteiger partial charge in [0.25, 0.3) is 12.9 Å². The van der Waals surface area contributed by atoms with Gasteiger partial charge in [0.15, 0.2) is 5.82 Å². The van der Waals surface area contributed by atoms with Crippen molar-refractivity contribution in [2.24, 2.45) is 0 Å². The van der Waals surface area contributed by atoms with Gasteiger partial charge in [0.2, 0.25) is 11.9 Å². The highest BCUT2D eigenvalue weighted by Gasteiger charge is 2.24. The highest BCUT2D eigenvalue weighted by molar-refractivity contribution is 7.80. The van der Waals surface area contributed by atoms with Gasteiger partial charge in [0.1, 0.15) is 31.1 Å². The normalized spacial score (nSPS) is 13.7. The Morgan fingerprint density at radius 3 is 1.74 bits per heavy atom. The fourth-order valence-electron chi connectivity index (χ4n) is 1.84. The van der Waals surface area contributed by atoms with E-state index in [2.05, 4.69) is 43.2 Å². The number of hydrogen-bond acceptors (Lipinski definition) is 7. The summed E-state index contributed by atoms with van der Waals surface area (Å²) in [5.41, 5.74) is 0.124. The third-order valence-electron chi connectivity index (χ3n) is 3.17. The first kappa shape index (κ1) is 21.0. The molecule has 2 atom stereocenters. The second kappa shape index (κ2) is 9.58. The van der Waals surface area contributed by atoms with E-state index in [0.29, 0.717) is 0 Å². The largest absolute Gasteiger partial charge is 0.343 e. The first-order valence-electron chi connectivity index (χ1n) is 7.47. The minimum absolute atomic E-state index is 0.124. The number of nitrogens with one attached hydrogen (secondary N) is 2. The van der Waals surface area contributed by atoms with E-state index in [0.717, 1.165) is 0 Å². The molecular formula is C14H14F6N6S. The van der Waals surface area contributed by atoms with Crippen LogP contribution in [-0.2, 0) is 0 Å². The molecule has 2 aromatic heterocycles. The van der Waals surface area contributed by atoms with Crippen LogP contribution in [0, 0.1) is 0 Å². The van der Waals surface area contributed by atoms with Gasteiger partial charge in [-0.1, -0.05) is 6.07 Å². The summed E-state index contributed by atoms with van der Waals surface area (Å²) in [6.45, 7) is -2.87. The molecule has 0 aliphatic rings. The predicted molar refractivity (Wildman–Crippen MR) is 89.1 cm³/mol. The smallest absolute Gasteiger partial charge is 0.261 e. The van der Waals surface area contributed by atoms with Gasteiger partial charge in [-0.3, -0.25) is 0 Å². The van der Waals surface area contributed by atoms with Gasteiger partial charge in [-0.15, -0.1) is 12.6 Å². The van der Waals surface area contributed by atoms with Gasteiger partial charge in [-0.05, 0) is 12.1 Å². The molecule has 27 heavy (non-hydrogen) atoms. The van der Waals surface area contributed by atoms with E-state index in [1.165, 1.54) is 12.1 Å². The van der Waals surface area contributed by atoms with Gasteiger partial charge in [0, 0.05) is 0 Å². The molecule has 6 nitrogen and oxygen atoms in total. The molecule has 0 saturated heterocycles. The van der Waals surface area contributed by atoms with Gasteiger partial charge in [-0.2, -0.15) is 15.0 Å². The molecule has 2 rings (SSSR count). The van der Waals surface area contributed by atoms with Crippen LogP contribution in [0.4, 0.5) is 38.2 Å². The third kappa shape index (κ3) is 5.84. The van der Waals surface area contributed by atoms with Crippen LogP contribution < -0.4 is 10.6 Å². The Bertz CT molecular complexity index is 716. The molecule has 0 amide bonds. The Kier molecular flexibility index (Phi) is 7.45. The number of alkyl halides is 6. The molecule has 0 aromatic carbocycles. The Balaban J connectivity index is 2.43. The zero-order valence-electron chi connectivity index (χ0n) is 13.5. The van der Waals surface area contributed by atoms with Crippen molar-refractivity contribution in [1.82, 2.24) is 19.9 Å². The molecule has 0 aliphatic carbocycles. The summed E-state index contributed by atoms with van der Waals surface area (Å²) in [6, 6.07) is 0.676. The van der Waals surface area contributed by atoms with Crippen LogP contribution in [0.1, 0.15) is 0 Å². The molecule has 13 heteroatoms. The second-order valence-electron chi connectivity index (χ2n) is 5.17. The molecule has 2 N–H and O–H groups in total. The van der Waals surface area contributed by atoms with Crippen molar-refractivity contribution in [2.75, 3.05) is 24.0 Å². The second-order valence-corrected chi connectivity index (χ2v) is 5.62. The summed E-state index contributed by atoms with van der Waals surface area (Å²) >= 11 is 4.04. The molecule has 2 aromatic rings. The van der Waals surface area contributed by atoms with Gasteiger partial charge in [0.05, 0.1) is 5.03 Å². The first-order valence-corrected chi connectivity index (χ1v) is 7.92. The standard InChI is InChI=1S/C14H14F6N6S/c15-4-7(10(17)18)22-13-24-12(6-2-1-3-9(27)21-6)25-14(26-13)23-8(5-16)11(19)20/h1-3,7-8,10-11H,4-5H2,(H,21,27)(H2,22,23,24,25,26). The quantitative estimate of drug-likeness (QED) is 0.434. The maximum absolute atomic E-state index is 12.8. The number of pyridine rings is 1. The summed E-state index contributed by atoms with van der Waals surface area (Å²) in [4.78, 5) is 15.3. The Hall–Kier alpha value is -2.31. The minimum atomic E-state index is -3.08. The lowest BCUT2D eigenvalue weighted by molar-refractivity contribution is 0.112. The predicted octanol–water partition coefficient (Wildman–Crippen LogP) is 3.25. The fourth-order valence-corrected chi connectivity index (χ4v) is 2.03. The molecule has 0 aliphatic heterocycles. The highest BCUT2D eigenvalue weighted by Crippen LogP contribution is 2.20. The van der Waals surface area contributed by atoms with E-state index in [9.17, 15) is 26.3 Å². The minimum Gasteiger partial charge on any atom is -0.343 e. The third-order valence-corrected chi connectivity index (χ3v) is 3.42. The molecule has 0 spiro atoms. The molecular weight excluding hydrogens is 398 g/mol. The van der Waals surface area contributed by atoms with Crippen molar-refractivity contribution < 1.29 is 26.3 Å². The van der Waals surface area contributed by atoms with E-state index >= 15 is 0 Å². The highest BCUT2D eigenvalue weighted by atomic mass is 32.1. The van der Waals surface area contributed by atoms with Crippen molar-refractivity contribution in [3.8, 4) is 11.5 Å². The van der Waals surface area contributed by atoms with Crippen molar-refractivity contribution in [2.45, 2.75) is 30.0 Å². The summed E-state index contributed by atoms with van der Waals surface area (Å²) in [5.74, 6) is -1.21. The first-order chi connectivity index (χ1) is 12.8. The zero-order chi connectivity index (χ0) is 20.0. The summed E-state index contributed by atoms with van der Waals surface area (Å²) in [6.07, 6.45) is -6.16. The summed E-state index contributed by atoms with van der Waals surface area (Å²) in [5, 5.41) is 4.39. The maximum atomic E-state index is 12.8. The van der Waals surface area contributed by atoms with E-state index in [1.54, 1.807) is 6.07 Å². The van der Waals surface area contributed by atoms with Gasteiger partial charge in [-0.25, -0.2) is 31.3 Å². The van der Waals surface area contributed by atoms with E-state index in [1.807, 2.05) is 0 Å². The van der Waals surface area contributed by atoms with E-state index in [-0.39, 0.29) is 16.5 Å². The Morgan fingerprint density at radius 2 is 1.33 bits per heavy atom. The average Bonchev–Trinajstić information content (AvgIpc) is 2.63. The lowest BCUT2D eigenvalue weighted by Crippen LogP contribution is -2.33. The van der Waals surface area contributed by atoms with E-state index < -0.39 is 50.2 Å². The average molecular weight is 412 g/mol. The maximum Gasteiger partial charge on any atom is 0.261 e. The summed E-state index contributed by atoms with van der Waals surface area (Å²) in [7, 11) is 0. The molecule has 148 valence electrons. The molecule has 0 saturated carbocycles. The van der Waals surface area contributed by atoms with Gasteiger partial charge >= 0.3 is 0 Å². The van der Waals surface area contributed by atoms with Crippen LogP contribution in [0.5, 0.6) is 0 Å². The monoisotopic (exact) mass is 412 g/mol. The number of nitrogens with zero attached hydrogens (tertiary/aromatic N) is 4. The molecule has 0 radical (unpaired) electrons. The molecule has 2 heterocycles. The van der Waals surface area contributed by atoms with Crippen LogP contribution in [-0.4, -0.2) is 58.2 Å². The molecule has 0 bridgehead atoms. The number of thiol groups is 1. The Morgan fingerprint density at radius 1 is 0.815 bits per heavy atom. The molecule has 2 unspecified atom stereocenters. The van der Waals surface area contributed by atoms with Crippen LogP contribution >= 0.6 is 12.6 Å². The van der Waals surface area contributed by atoms with E-state index in [4.69, 9.17) is 0 Å². The number of halogens is 6. The lowest BCUT2D eigenvalue weighted by atomic mass is 10.3. The van der Waals surface area contributed by atoms with Crippen molar-refractivity contribution in [3.05, 3.63) is 18.2 Å². The van der Waals surface area contributed by atoms with Crippen LogP contribution in [0.25, 0.3) is 11.5 Å². The lowest BCUT2D eigenvalue weighted by Gasteiger charge is -2.17. The van der Waals surface area contributed by atoms with Gasteiger partial charge < -0.3 is 10.6 Å². The fraction of sp³-hybridized carbons (Fsp3) is 0.429. The van der Waals surface area contributed by atoms with Crippen LogP contribution in [0.3, 0.4) is 0 Å². The van der Waals surface area contributed by atoms with Crippen molar-refractivity contribution in [3.63, 3.8) is 0 Å². The topological polar surface area (TPSA) is 75.6 Å². The van der Waals surface area contributed by atoms with Crippen LogP contribution in [0.15, 0.2) is 23.2 Å². The van der Waals surface area contributed by atoms with Crippen LogP contribution in [0.2, 0.25) is 0 Å². The Labute approximate surface area is 155 Å². The number of hydrogen-bond donors (Lipinski definition) is 3. The number of aromatic nitrogens is 4. The number of anilines is 2. The van der Waals surface area contributed by atoms with Crippen molar-refractivity contribution >= 4 is 24.5 Å². The molecule has 0 fully saturated rings.